The van der Waals surface area contributed by atoms with Gasteiger partial charge in [0.1, 0.15) is 0 Å². The van der Waals surface area contributed by atoms with Crippen LogP contribution in [0.25, 0.3) is 0 Å². The van der Waals surface area contributed by atoms with Gasteiger partial charge in [-0.25, -0.2) is 0 Å². The van der Waals surface area contributed by atoms with E-state index in [1.165, 1.54) is 45.6 Å². The Labute approximate surface area is 111 Å². The van der Waals surface area contributed by atoms with Gasteiger partial charge in [-0.2, -0.15) is 0 Å². The largest absolute Gasteiger partial charge is 0.512 e. The van der Waals surface area contributed by atoms with Gasteiger partial charge in [0, 0.05) is 25.6 Å². The summed E-state index contributed by atoms with van der Waals surface area (Å²) in [7, 11) is 0. The number of carbonyl (C=O) groups excluding carboxylic acids is 1. The van der Waals surface area contributed by atoms with Crippen molar-refractivity contribution in [1.29, 1.82) is 0 Å². The van der Waals surface area contributed by atoms with E-state index < -0.39 is 0 Å². The minimum absolute atomic E-state index is 0. The summed E-state index contributed by atoms with van der Waals surface area (Å²) in [5.74, 6) is -0.0625. The molecule has 0 aromatic carbocycles. The summed E-state index contributed by atoms with van der Waals surface area (Å²) in [6.45, 7) is 2.85. The third-order valence-corrected chi connectivity index (χ3v) is 1.79. The first-order chi connectivity index (χ1) is 7.13. The van der Waals surface area contributed by atoms with Crippen LogP contribution in [0, 0.1) is 0 Å². The van der Waals surface area contributed by atoms with E-state index >= 15 is 0 Å². The maximum absolute atomic E-state index is 10.0. The molecule has 0 aromatic heterocycles. The molecule has 1 aliphatic carbocycles. The van der Waals surface area contributed by atoms with Crippen LogP contribution < -0.4 is 0 Å². The average Bonchev–Trinajstić information content (AvgIpc) is 1.99. The van der Waals surface area contributed by atoms with Crippen LogP contribution in [0.4, 0.5) is 0 Å². The van der Waals surface area contributed by atoms with Crippen molar-refractivity contribution in [2.24, 2.45) is 0 Å². The van der Waals surface area contributed by atoms with Crippen LogP contribution in [0.2, 0.25) is 0 Å². The van der Waals surface area contributed by atoms with Crippen molar-refractivity contribution in [2.75, 3.05) is 0 Å². The number of ketones is 1. The fraction of sp³-hybridized carbons (Fsp3) is 0.462. The maximum Gasteiger partial charge on any atom is 0.155 e. The number of aliphatic hydroxyl groups excluding tert-OH is 1. The summed E-state index contributed by atoms with van der Waals surface area (Å²) >= 11 is 0. The van der Waals surface area contributed by atoms with E-state index in [4.69, 9.17) is 5.11 Å². The van der Waals surface area contributed by atoms with Gasteiger partial charge in [-0.3, -0.25) is 4.79 Å². The van der Waals surface area contributed by atoms with Crippen molar-refractivity contribution in [3.8, 4) is 0 Å². The number of aliphatic hydroxyl groups is 1. The zero-order valence-electron chi connectivity index (χ0n) is 9.90. The van der Waals surface area contributed by atoms with Gasteiger partial charge in [0.05, 0.1) is 5.76 Å². The number of allylic oxidation sites excluding steroid dienone is 6. The molecule has 0 saturated carbocycles. The molecular formula is C13H20O2Rh. The minimum Gasteiger partial charge on any atom is -0.512 e. The van der Waals surface area contributed by atoms with Crippen molar-refractivity contribution in [3.63, 3.8) is 0 Å². The smallest absolute Gasteiger partial charge is 0.155 e. The van der Waals surface area contributed by atoms with Crippen LogP contribution in [0.15, 0.2) is 36.1 Å². The summed E-state index contributed by atoms with van der Waals surface area (Å²) in [5.41, 5.74) is 0. The molecule has 0 atom stereocenters. The molecule has 0 amide bonds. The molecule has 0 bridgehead atoms. The molecule has 0 fully saturated rings. The zero-order chi connectivity index (χ0) is 11.5. The third-order valence-electron chi connectivity index (χ3n) is 1.79. The van der Waals surface area contributed by atoms with Crippen molar-refractivity contribution < 1.29 is 29.4 Å². The number of carbonyl (C=O) groups is 1. The van der Waals surface area contributed by atoms with E-state index in [0.29, 0.717) is 0 Å². The first-order valence-electron chi connectivity index (χ1n) is 5.32. The second-order valence-corrected chi connectivity index (χ2v) is 3.54. The van der Waals surface area contributed by atoms with Crippen molar-refractivity contribution in [3.05, 3.63) is 36.1 Å². The molecule has 16 heavy (non-hydrogen) atoms. The molecule has 0 aliphatic heterocycles. The Hall–Kier alpha value is -0.687. The molecule has 0 heterocycles. The van der Waals surface area contributed by atoms with Crippen LogP contribution >= 0.6 is 0 Å². The molecule has 1 rings (SSSR count). The van der Waals surface area contributed by atoms with E-state index in [9.17, 15) is 4.79 Å². The van der Waals surface area contributed by atoms with Crippen LogP contribution in [0.1, 0.15) is 39.5 Å². The van der Waals surface area contributed by atoms with Gasteiger partial charge in [0.25, 0.3) is 0 Å². The number of rotatable bonds is 1. The fourth-order valence-corrected chi connectivity index (χ4v) is 1.17. The molecule has 0 unspecified atom stereocenters. The van der Waals surface area contributed by atoms with Gasteiger partial charge in [-0.1, -0.05) is 24.3 Å². The second-order valence-electron chi connectivity index (χ2n) is 3.54. The summed E-state index contributed by atoms with van der Waals surface area (Å²) in [4.78, 5) is 10.0. The second kappa shape index (κ2) is 12.4. The topological polar surface area (TPSA) is 37.3 Å². The summed E-state index contributed by atoms with van der Waals surface area (Å²) in [6.07, 6.45) is 15.2. The van der Waals surface area contributed by atoms with E-state index in [-0.39, 0.29) is 31.0 Å². The Morgan fingerprint density at radius 1 is 1.12 bits per heavy atom. The Bertz CT molecular complexity index is 247. The van der Waals surface area contributed by atoms with Gasteiger partial charge in [0.15, 0.2) is 5.78 Å². The van der Waals surface area contributed by atoms with Crippen LogP contribution in [-0.4, -0.2) is 10.9 Å². The van der Waals surface area contributed by atoms with Crippen molar-refractivity contribution in [1.82, 2.24) is 0 Å². The predicted octanol–water partition coefficient (Wildman–Crippen LogP) is 3.71. The minimum atomic E-state index is -0.125. The molecule has 3 heteroatoms. The van der Waals surface area contributed by atoms with Gasteiger partial charge in [-0.15, -0.1) is 0 Å². The van der Waals surface area contributed by atoms with E-state index in [0.717, 1.165) is 0 Å². The monoisotopic (exact) mass is 311 g/mol. The van der Waals surface area contributed by atoms with Crippen LogP contribution in [0.5, 0.6) is 0 Å². The standard InChI is InChI=1S/C8H12.C5H8O2.Rh/c1-2-4-6-8-7-5-3-1;1-4(6)3-5(2)7;/h1-4H,5-8H2;3,6H,1-2H3;/b;4-3-;. The Morgan fingerprint density at radius 2 is 1.56 bits per heavy atom. The molecule has 93 valence electrons. The third kappa shape index (κ3) is 15.8. The van der Waals surface area contributed by atoms with Gasteiger partial charge in [0.2, 0.25) is 0 Å². The molecular weight excluding hydrogens is 291 g/mol. The number of hydrogen-bond acceptors (Lipinski definition) is 2. The Balaban J connectivity index is 0. The SMILES string of the molecule is C1=CCCCCC=C1.CC(=O)/C=C(/C)O.[Rh]. The van der Waals surface area contributed by atoms with Crippen LogP contribution in [-0.2, 0) is 24.3 Å². The number of hydrogen-bond donors (Lipinski definition) is 1. The molecule has 0 spiro atoms. The molecule has 0 aromatic rings. The summed E-state index contributed by atoms with van der Waals surface area (Å²) in [6, 6.07) is 0. The maximum atomic E-state index is 10.0. The van der Waals surface area contributed by atoms with Crippen molar-refractivity contribution >= 4 is 5.78 Å². The normalized spacial score (nSPS) is 15.0. The Morgan fingerprint density at radius 3 is 1.81 bits per heavy atom. The van der Waals surface area contributed by atoms with Crippen LogP contribution in [0.3, 0.4) is 0 Å². The first-order valence-corrected chi connectivity index (χ1v) is 5.32. The quantitative estimate of drug-likeness (QED) is 0.455. The summed E-state index contributed by atoms with van der Waals surface area (Å²) < 4.78 is 0. The fourth-order valence-electron chi connectivity index (χ4n) is 1.17. The van der Waals surface area contributed by atoms with Gasteiger partial charge >= 0.3 is 0 Å². The molecule has 1 radical (unpaired) electrons. The zero-order valence-corrected chi connectivity index (χ0v) is 11.5. The van der Waals surface area contributed by atoms with Gasteiger partial charge < -0.3 is 5.11 Å². The molecule has 1 aliphatic rings. The van der Waals surface area contributed by atoms with E-state index in [2.05, 4.69) is 24.3 Å². The average molecular weight is 311 g/mol. The predicted molar refractivity (Wildman–Crippen MR) is 63.8 cm³/mol. The van der Waals surface area contributed by atoms with E-state index in [1.54, 1.807) is 0 Å². The molecule has 2 nitrogen and oxygen atoms in total. The molecule has 0 saturated heterocycles. The van der Waals surface area contributed by atoms with E-state index in [1.807, 2.05) is 0 Å². The van der Waals surface area contributed by atoms with Crippen molar-refractivity contribution in [2.45, 2.75) is 39.5 Å². The summed E-state index contributed by atoms with van der Waals surface area (Å²) in [5, 5.41) is 8.36. The molecule has 1 N–H and O–H groups in total. The Kier molecular flexibility index (Phi) is 13.7. The van der Waals surface area contributed by atoms with Gasteiger partial charge in [-0.05, 0) is 39.5 Å². The first kappa shape index (κ1) is 17.7.